The van der Waals surface area contributed by atoms with Crippen molar-refractivity contribution in [1.29, 1.82) is 0 Å². The molecular weight excluding hydrogens is 356 g/mol. The Balaban J connectivity index is 2.22. The highest BCUT2D eigenvalue weighted by molar-refractivity contribution is 5.84. The molecule has 0 spiro atoms. The van der Waals surface area contributed by atoms with Crippen molar-refractivity contribution in [3.05, 3.63) is 35.7 Å². The largest absolute Gasteiger partial charge is 0.490 e. The molecule has 0 aliphatic carbocycles. The maximum Gasteiger partial charge on any atom is 0.412 e. The smallest absolute Gasteiger partial charge is 0.412 e. The van der Waals surface area contributed by atoms with E-state index in [2.05, 4.69) is 33.9 Å². The van der Waals surface area contributed by atoms with Gasteiger partial charge in [-0.25, -0.2) is 14.8 Å². The summed E-state index contributed by atoms with van der Waals surface area (Å²) in [6.45, 7) is 10.6. The Bertz CT molecular complexity index is 811. The first-order valence-corrected chi connectivity index (χ1v) is 9.32. The van der Waals surface area contributed by atoms with Gasteiger partial charge < -0.3 is 15.2 Å². The molecule has 7 heteroatoms. The number of carbonyl (C=O) groups is 1. The highest BCUT2D eigenvalue weighted by Gasteiger charge is 2.22. The van der Waals surface area contributed by atoms with E-state index in [9.17, 15) is 4.79 Å². The van der Waals surface area contributed by atoms with Crippen molar-refractivity contribution in [3.8, 4) is 17.0 Å². The van der Waals surface area contributed by atoms with Gasteiger partial charge in [0.15, 0.2) is 0 Å². The zero-order valence-corrected chi connectivity index (χ0v) is 17.5. The molecule has 2 aromatic rings. The van der Waals surface area contributed by atoms with Gasteiger partial charge in [-0.1, -0.05) is 13.8 Å². The van der Waals surface area contributed by atoms with Crippen LogP contribution >= 0.6 is 0 Å². The number of aryl methyl sites for hydroxylation is 2. The summed E-state index contributed by atoms with van der Waals surface area (Å²) in [6, 6.07) is 5.54. The van der Waals surface area contributed by atoms with Crippen molar-refractivity contribution in [2.75, 3.05) is 19.0 Å². The number of aromatic nitrogens is 2. The van der Waals surface area contributed by atoms with Crippen LogP contribution in [0.2, 0.25) is 0 Å². The molecule has 0 fully saturated rings. The van der Waals surface area contributed by atoms with Crippen molar-refractivity contribution in [3.63, 3.8) is 0 Å². The fourth-order valence-corrected chi connectivity index (χ4v) is 3.23. The molecule has 1 unspecified atom stereocenters. The average molecular weight is 386 g/mol. The molecule has 0 aliphatic rings. The summed E-state index contributed by atoms with van der Waals surface area (Å²) in [4.78, 5) is 20.2. The summed E-state index contributed by atoms with van der Waals surface area (Å²) in [5.41, 5.74) is 9.33. The van der Waals surface area contributed by atoms with Crippen molar-refractivity contribution in [1.82, 2.24) is 9.97 Å². The number of anilines is 1. The lowest BCUT2D eigenvalue weighted by atomic mass is 9.93. The molecule has 2 rings (SSSR count). The molecule has 0 aromatic carbocycles. The molecule has 2 heterocycles. The first kappa shape index (κ1) is 21.6. The van der Waals surface area contributed by atoms with E-state index in [1.54, 1.807) is 12.3 Å². The van der Waals surface area contributed by atoms with Crippen LogP contribution in [-0.2, 0) is 4.74 Å². The molecule has 7 nitrogen and oxygen atoms in total. The molecule has 1 amide bonds. The van der Waals surface area contributed by atoms with Crippen LogP contribution in [0, 0.1) is 19.8 Å². The van der Waals surface area contributed by atoms with Crippen molar-refractivity contribution >= 4 is 11.9 Å². The topological polar surface area (TPSA) is 99.4 Å². The minimum atomic E-state index is -0.569. The molecule has 0 radical (unpaired) electrons. The third-order valence-electron chi connectivity index (χ3n) is 4.22. The first-order chi connectivity index (χ1) is 13.1. The fourth-order valence-electron chi connectivity index (χ4n) is 3.23. The lowest BCUT2D eigenvalue weighted by molar-refractivity contribution is 0.187. The number of nitrogens with two attached hydrogens (primary N) is 1. The summed E-state index contributed by atoms with van der Waals surface area (Å²) in [7, 11) is 1.31. The monoisotopic (exact) mass is 386 g/mol. The number of nitrogens with one attached hydrogen (secondary N) is 1. The van der Waals surface area contributed by atoms with Gasteiger partial charge in [0.25, 0.3) is 0 Å². The highest BCUT2D eigenvalue weighted by Crippen LogP contribution is 2.29. The van der Waals surface area contributed by atoms with Gasteiger partial charge in [0.05, 0.1) is 18.5 Å². The van der Waals surface area contributed by atoms with E-state index in [-0.39, 0.29) is 0 Å². The molecule has 3 N–H and O–H groups in total. The highest BCUT2D eigenvalue weighted by atomic mass is 16.5. The summed E-state index contributed by atoms with van der Waals surface area (Å²) in [6.07, 6.45) is 1.92. The predicted molar refractivity (Wildman–Crippen MR) is 111 cm³/mol. The lowest BCUT2D eigenvalue weighted by Crippen LogP contribution is -2.43. The van der Waals surface area contributed by atoms with Crippen LogP contribution in [0.15, 0.2) is 24.4 Å². The van der Waals surface area contributed by atoms with E-state index in [1.165, 1.54) is 7.11 Å². The SMILES string of the molecule is COC(=O)Nc1cc(-c2cc(C)c(OCC(C)(N)CC(C)C)c(C)n2)ccn1. The van der Waals surface area contributed by atoms with Crippen LogP contribution in [0.5, 0.6) is 5.75 Å². The number of amides is 1. The molecule has 0 saturated heterocycles. The number of hydrogen-bond acceptors (Lipinski definition) is 6. The Kier molecular flexibility index (Phi) is 6.96. The second-order valence-corrected chi connectivity index (χ2v) is 7.83. The van der Waals surface area contributed by atoms with Crippen molar-refractivity contribution in [2.24, 2.45) is 11.7 Å². The fraction of sp³-hybridized carbons (Fsp3) is 0.476. The van der Waals surface area contributed by atoms with Gasteiger partial charge >= 0.3 is 6.09 Å². The van der Waals surface area contributed by atoms with Gasteiger partial charge in [0.2, 0.25) is 0 Å². The Morgan fingerprint density at radius 2 is 2.04 bits per heavy atom. The minimum absolute atomic E-state index is 0.398. The Morgan fingerprint density at radius 1 is 1.32 bits per heavy atom. The van der Waals surface area contributed by atoms with E-state index >= 15 is 0 Å². The zero-order chi connectivity index (χ0) is 20.9. The van der Waals surface area contributed by atoms with Crippen LogP contribution in [0.4, 0.5) is 10.6 Å². The Morgan fingerprint density at radius 3 is 2.64 bits per heavy atom. The third-order valence-corrected chi connectivity index (χ3v) is 4.22. The van der Waals surface area contributed by atoms with E-state index in [0.29, 0.717) is 18.3 Å². The zero-order valence-electron chi connectivity index (χ0n) is 17.5. The number of carbonyl (C=O) groups excluding carboxylic acids is 1. The molecule has 152 valence electrons. The normalized spacial score (nSPS) is 13.1. The molecule has 1 atom stereocenters. The van der Waals surface area contributed by atoms with Crippen LogP contribution in [0.25, 0.3) is 11.3 Å². The Labute approximate surface area is 166 Å². The first-order valence-electron chi connectivity index (χ1n) is 9.32. The number of methoxy groups -OCH3 is 1. The quantitative estimate of drug-likeness (QED) is 0.744. The van der Waals surface area contributed by atoms with E-state index < -0.39 is 11.6 Å². The summed E-state index contributed by atoms with van der Waals surface area (Å²) < 4.78 is 10.6. The summed E-state index contributed by atoms with van der Waals surface area (Å²) in [5.74, 6) is 1.65. The second kappa shape index (κ2) is 9.01. The van der Waals surface area contributed by atoms with Gasteiger partial charge in [0.1, 0.15) is 18.2 Å². The van der Waals surface area contributed by atoms with Gasteiger partial charge in [0, 0.05) is 17.3 Å². The molecule has 0 aliphatic heterocycles. The maximum atomic E-state index is 11.4. The second-order valence-electron chi connectivity index (χ2n) is 7.83. The molecule has 0 saturated carbocycles. The van der Waals surface area contributed by atoms with Crippen molar-refractivity contribution in [2.45, 2.75) is 46.6 Å². The molecule has 0 bridgehead atoms. The van der Waals surface area contributed by atoms with Crippen LogP contribution in [0.1, 0.15) is 38.4 Å². The van der Waals surface area contributed by atoms with E-state index in [4.69, 9.17) is 10.5 Å². The lowest BCUT2D eigenvalue weighted by Gasteiger charge is -2.27. The minimum Gasteiger partial charge on any atom is -0.490 e. The molecule has 28 heavy (non-hydrogen) atoms. The van der Waals surface area contributed by atoms with Gasteiger partial charge in [-0.3, -0.25) is 5.32 Å². The van der Waals surface area contributed by atoms with Gasteiger partial charge in [-0.05, 0) is 56.9 Å². The molecule has 2 aromatic heterocycles. The number of hydrogen-bond donors (Lipinski definition) is 2. The number of rotatable bonds is 7. The number of ether oxygens (including phenoxy) is 2. The Hall–Kier alpha value is -2.67. The third kappa shape index (κ3) is 5.92. The standard InChI is InChI=1S/C21H30N4O3/c1-13(2)11-21(5,22)12-28-19-14(3)9-17(24-15(19)4)16-7-8-23-18(10-16)25-20(26)27-6/h7-10,13H,11-12,22H2,1-6H3,(H,23,25,26). The van der Waals surface area contributed by atoms with Crippen LogP contribution in [-0.4, -0.2) is 35.3 Å². The number of pyridine rings is 2. The number of nitrogens with zero attached hydrogens (tertiary/aromatic N) is 2. The van der Waals surface area contributed by atoms with Crippen LogP contribution < -0.4 is 15.8 Å². The maximum absolute atomic E-state index is 11.4. The van der Waals surface area contributed by atoms with Crippen molar-refractivity contribution < 1.29 is 14.3 Å². The van der Waals surface area contributed by atoms with Crippen LogP contribution in [0.3, 0.4) is 0 Å². The van der Waals surface area contributed by atoms with E-state index in [0.717, 1.165) is 34.7 Å². The van der Waals surface area contributed by atoms with Gasteiger partial charge in [-0.2, -0.15) is 0 Å². The summed E-state index contributed by atoms with van der Waals surface area (Å²) in [5, 5.41) is 2.56. The average Bonchev–Trinajstić information content (AvgIpc) is 2.59. The van der Waals surface area contributed by atoms with Gasteiger partial charge in [-0.15, -0.1) is 0 Å². The van der Waals surface area contributed by atoms with E-state index in [1.807, 2.05) is 32.9 Å². The predicted octanol–water partition coefficient (Wildman–Crippen LogP) is 4.08. The summed E-state index contributed by atoms with van der Waals surface area (Å²) >= 11 is 0. The molecular formula is C21H30N4O3.